The fourth-order valence-corrected chi connectivity index (χ4v) is 1.74. The van der Waals surface area contributed by atoms with Crippen LogP contribution in [0.25, 0.3) is 0 Å². The van der Waals surface area contributed by atoms with Gasteiger partial charge in [-0.1, -0.05) is 0 Å². The van der Waals surface area contributed by atoms with Gasteiger partial charge in [-0.05, 0) is 19.3 Å². The van der Waals surface area contributed by atoms with Gasteiger partial charge in [0.15, 0.2) is 0 Å². The Morgan fingerprint density at radius 3 is 2.56 bits per heavy atom. The molecule has 0 saturated carbocycles. The summed E-state index contributed by atoms with van der Waals surface area (Å²) >= 11 is 0. The highest BCUT2D eigenvalue weighted by Gasteiger charge is 2.15. The van der Waals surface area contributed by atoms with Gasteiger partial charge in [0.2, 0.25) is 5.91 Å². The van der Waals surface area contributed by atoms with E-state index in [1.54, 1.807) is 0 Å². The van der Waals surface area contributed by atoms with E-state index in [-0.39, 0.29) is 11.9 Å². The fraction of sp³-hybridized carbons (Fsp3) is 0.818. The molecule has 16 heavy (non-hydrogen) atoms. The summed E-state index contributed by atoms with van der Waals surface area (Å²) in [7, 11) is 1.36. The van der Waals surface area contributed by atoms with Gasteiger partial charge in [-0.3, -0.25) is 9.59 Å². The molecule has 0 radical (unpaired) electrons. The topological polar surface area (TPSA) is 58.6 Å². The molecule has 92 valence electrons. The average Bonchev–Trinajstić information content (AvgIpc) is 2.35. The van der Waals surface area contributed by atoms with Crippen LogP contribution in [0, 0.1) is 0 Å². The maximum absolute atomic E-state index is 11.7. The van der Waals surface area contributed by atoms with Crippen molar-refractivity contribution in [2.75, 3.05) is 33.3 Å². The Hall–Kier alpha value is -1.10. The SMILES string of the molecule is COC(=O)CCNCC(=O)N1CCCCC1. The zero-order chi connectivity index (χ0) is 11.8. The van der Waals surface area contributed by atoms with Crippen LogP contribution in [0.1, 0.15) is 25.7 Å². The normalized spacial score (nSPS) is 15.9. The maximum Gasteiger partial charge on any atom is 0.306 e. The number of esters is 1. The largest absolute Gasteiger partial charge is 0.469 e. The van der Waals surface area contributed by atoms with Crippen LogP contribution in [0.2, 0.25) is 0 Å². The second kappa shape index (κ2) is 7.22. The number of rotatable bonds is 5. The van der Waals surface area contributed by atoms with Crippen LogP contribution in [0.5, 0.6) is 0 Å². The first-order valence-corrected chi connectivity index (χ1v) is 5.79. The number of hydrogen-bond acceptors (Lipinski definition) is 4. The van der Waals surface area contributed by atoms with Gasteiger partial charge in [-0.2, -0.15) is 0 Å². The van der Waals surface area contributed by atoms with E-state index in [4.69, 9.17) is 0 Å². The molecule has 5 nitrogen and oxygen atoms in total. The highest BCUT2D eigenvalue weighted by Crippen LogP contribution is 2.07. The Kier molecular flexibility index (Phi) is 5.85. The molecule has 0 bridgehead atoms. The second-order valence-electron chi connectivity index (χ2n) is 3.94. The summed E-state index contributed by atoms with van der Waals surface area (Å²) in [5.74, 6) is -0.123. The molecule has 5 heteroatoms. The van der Waals surface area contributed by atoms with E-state index in [0.717, 1.165) is 25.9 Å². The Labute approximate surface area is 96.1 Å². The lowest BCUT2D eigenvalue weighted by Gasteiger charge is -2.26. The summed E-state index contributed by atoms with van der Waals surface area (Å²) in [6.45, 7) is 2.55. The van der Waals surface area contributed by atoms with Crippen LogP contribution in [0.3, 0.4) is 0 Å². The number of amides is 1. The first-order chi connectivity index (χ1) is 7.74. The number of ether oxygens (including phenoxy) is 1. The van der Waals surface area contributed by atoms with Crippen molar-refractivity contribution in [2.45, 2.75) is 25.7 Å². The minimum Gasteiger partial charge on any atom is -0.469 e. The number of likely N-dealkylation sites (tertiary alicyclic amines) is 1. The molecule has 0 unspecified atom stereocenters. The van der Waals surface area contributed by atoms with Gasteiger partial charge in [0.1, 0.15) is 0 Å². The molecule has 0 spiro atoms. The van der Waals surface area contributed by atoms with Crippen LogP contribution in [-0.4, -0.2) is 50.1 Å². The molecule has 1 saturated heterocycles. The number of nitrogens with zero attached hydrogens (tertiary/aromatic N) is 1. The van der Waals surface area contributed by atoms with E-state index >= 15 is 0 Å². The molecule has 1 N–H and O–H groups in total. The Bertz CT molecular complexity index is 237. The number of nitrogens with one attached hydrogen (secondary N) is 1. The Balaban J connectivity index is 2.07. The van der Waals surface area contributed by atoms with Gasteiger partial charge >= 0.3 is 5.97 Å². The lowest BCUT2D eigenvalue weighted by Crippen LogP contribution is -2.41. The molecular formula is C11H20N2O3. The van der Waals surface area contributed by atoms with Crippen molar-refractivity contribution in [3.05, 3.63) is 0 Å². The minimum absolute atomic E-state index is 0.129. The first-order valence-electron chi connectivity index (χ1n) is 5.79. The van der Waals surface area contributed by atoms with E-state index in [9.17, 15) is 9.59 Å². The van der Waals surface area contributed by atoms with E-state index < -0.39 is 0 Å². The molecular weight excluding hydrogens is 208 g/mol. The minimum atomic E-state index is -0.252. The molecule has 1 aliphatic rings. The van der Waals surface area contributed by atoms with E-state index in [0.29, 0.717) is 19.5 Å². The molecule has 0 aromatic rings. The fourth-order valence-electron chi connectivity index (χ4n) is 1.74. The summed E-state index contributed by atoms with van der Waals surface area (Å²) in [4.78, 5) is 24.3. The zero-order valence-corrected chi connectivity index (χ0v) is 9.83. The third kappa shape index (κ3) is 4.61. The van der Waals surface area contributed by atoms with Crippen LogP contribution < -0.4 is 5.32 Å². The Morgan fingerprint density at radius 2 is 1.94 bits per heavy atom. The van der Waals surface area contributed by atoms with Crippen LogP contribution in [0.15, 0.2) is 0 Å². The van der Waals surface area contributed by atoms with Crippen LogP contribution >= 0.6 is 0 Å². The van der Waals surface area contributed by atoms with Crippen molar-refractivity contribution < 1.29 is 14.3 Å². The van der Waals surface area contributed by atoms with Gasteiger partial charge < -0.3 is 15.0 Å². The van der Waals surface area contributed by atoms with Crippen molar-refractivity contribution in [3.63, 3.8) is 0 Å². The third-order valence-corrected chi connectivity index (χ3v) is 2.72. The van der Waals surface area contributed by atoms with Gasteiger partial charge in [0, 0.05) is 19.6 Å². The van der Waals surface area contributed by atoms with Crippen molar-refractivity contribution in [1.82, 2.24) is 10.2 Å². The molecule has 0 aromatic heterocycles. The smallest absolute Gasteiger partial charge is 0.306 e. The molecule has 1 fully saturated rings. The molecule has 1 aliphatic heterocycles. The maximum atomic E-state index is 11.7. The molecule has 0 atom stereocenters. The summed E-state index contributed by atoms with van der Waals surface area (Å²) in [5, 5.41) is 2.96. The first kappa shape index (κ1) is 13.0. The van der Waals surface area contributed by atoms with Crippen molar-refractivity contribution >= 4 is 11.9 Å². The molecule has 1 amide bonds. The lowest BCUT2D eigenvalue weighted by atomic mass is 10.1. The van der Waals surface area contributed by atoms with E-state index in [2.05, 4.69) is 10.1 Å². The second-order valence-corrected chi connectivity index (χ2v) is 3.94. The standard InChI is InChI=1S/C11H20N2O3/c1-16-11(15)5-6-12-9-10(14)13-7-3-2-4-8-13/h12H,2-9H2,1H3. The highest BCUT2D eigenvalue weighted by atomic mass is 16.5. The average molecular weight is 228 g/mol. The van der Waals surface area contributed by atoms with E-state index in [1.807, 2.05) is 4.90 Å². The zero-order valence-electron chi connectivity index (χ0n) is 9.83. The number of hydrogen-bond donors (Lipinski definition) is 1. The summed E-state index contributed by atoms with van der Waals surface area (Å²) in [6, 6.07) is 0. The van der Waals surface area contributed by atoms with Gasteiger partial charge in [-0.15, -0.1) is 0 Å². The molecule has 0 aliphatic carbocycles. The summed E-state index contributed by atoms with van der Waals surface area (Å²) in [6.07, 6.45) is 3.74. The predicted octanol–water partition coefficient (Wildman–Crippen LogP) is 0.152. The number of piperidine rings is 1. The lowest BCUT2D eigenvalue weighted by molar-refractivity contribution is -0.140. The van der Waals surface area contributed by atoms with E-state index in [1.165, 1.54) is 13.5 Å². The van der Waals surface area contributed by atoms with Crippen LogP contribution in [-0.2, 0) is 14.3 Å². The highest BCUT2D eigenvalue weighted by molar-refractivity contribution is 5.78. The van der Waals surface area contributed by atoms with Gasteiger partial charge in [0.25, 0.3) is 0 Å². The number of carbonyl (C=O) groups excluding carboxylic acids is 2. The molecule has 1 heterocycles. The third-order valence-electron chi connectivity index (χ3n) is 2.72. The van der Waals surface area contributed by atoms with Gasteiger partial charge in [0.05, 0.1) is 20.1 Å². The molecule has 1 rings (SSSR count). The van der Waals surface area contributed by atoms with Gasteiger partial charge in [-0.25, -0.2) is 0 Å². The van der Waals surface area contributed by atoms with Crippen molar-refractivity contribution in [1.29, 1.82) is 0 Å². The predicted molar refractivity (Wildman–Crippen MR) is 59.9 cm³/mol. The monoisotopic (exact) mass is 228 g/mol. The number of methoxy groups -OCH3 is 1. The number of carbonyl (C=O) groups is 2. The summed E-state index contributed by atoms with van der Waals surface area (Å²) in [5.41, 5.74) is 0. The summed E-state index contributed by atoms with van der Waals surface area (Å²) < 4.78 is 4.50. The molecule has 0 aromatic carbocycles. The van der Waals surface area contributed by atoms with Crippen molar-refractivity contribution in [2.24, 2.45) is 0 Å². The quantitative estimate of drug-likeness (QED) is 0.537. The van der Waals surface area contributed by atoms with Crippen molar-refractivity contribution in [3.8, 4) is 0 Å². The Morgan fingerprint density at radius 1 is 1.25 bits per heavy atom. The van der Waals surface area contributed by atoms with Crippen LogP contribution in [0.4, 0.5) is 0 Å².